The van der Waals surface area contributed by atoms with Gasteiger partial charge in [-0.3, -0.25) is 4.72 Å². The van der Waals surface area contributed by atoms with E-state index < -0.39 is 10.0 Å². The summed E-state index contributed by atoms with van der Waals surface area (Å²) in [6.45, 7) is 0. The first kappa shape index (κ1) is 15.3. The number of hydrogen-bond acceptors (Lipinski definition) is 5. The molecule has 1 N–H and O–H groups in total. The lowest BCUT2D eigenvalue weighted by atomic mass is 10.1. The van der Waals surface area contributed by atoms with Gasteiger partial charge in [0, 0.05) is 11.3 Å². The van der Waals surface area contributed by atoms with Crippen LogP contribution >= 0.6 is 0 Å². The van der Waals surface area contributed by atoms with Gasteiger partial charge in [0.1, 0.15) is 6.33 Å². The summed E-state index contributed by atoms with van der Waals surface area (Å²) < 4.78 is 29.0. The lowest BCUT2D eigenvalue weighted by molar-refractivity contribution is 0.601. The molecular formula is C17H13N5O2S. The van der Waals surface area contributed by atoms with E-state index in [9.17, 15) is 8.42 Å². The first-order valence-electron chi connectivity index (χ1n) is 7.47. The van der Waals surface area contributed by atoms with Gasteiger partial charge in [-0.05, 0) is 36.4 Å². The maximum Gasteiger partial charge on any atom is 0.261 e. The summed E-state index contributed by atoms with van der Waals surface area (Å²) in [6.07, 6.45) is 1.51. The molecule has 0 saturated heterocycles. The minimum Gasteiger partial charge on any atom is -0.280 e. The predicted molar refractivity (Wildman–Crippen MR) is 93.5 cm³/mol. The maximum atomic E-state index is 12.4. The maximum absolute atomic E-state index is 12.4. The third-order valence-corrected chi connectivity index (χ3v) is 5.02. The summed E-state index contributed by atoms with van der Waals surface area (Å²) in [7, 11) is -3.63. The normalized spacial score (nSPS) is 11.5. The lowest BCUT2D eigenvalue weighted by Gasteiger charge is -2.09. The standard InChI is InChI=1S/C17H13N5O2S/c23-25(24,15-7-2-1-3-8-15)21-14-6-4-5-13(11-14)16-9-10-17-19-18-12-22(17)20-16/h1-12,21H. The molecule has 0 aliphatic rings. The third kappa shape index (κ3) is 3.07. The Morgan fingerprint density at radius 3 is 2.60 bits per heavy atom. The van der Waals surface area contributed by atoms with Crippen LogP contribution in [0.3, 0.4) is 0 Å². The Bertz CT molecular complexity index is 1140. The van der Waals surface area contributed by atoms with Crippen LogP contribution in [0, 0.1) is 0 Å². The van der Waals surface area contributed by atoms with Crippen molar-refractivity contribution in [3.8, 4) is 11.3 Å². The van der Waals surface area contributed by atoms with Crippen molar-refractivity contribution in [3.63, 3.8) is 0 Å². The van der Waals surface area contributed by atoms with Gasteiger partial charge in [0.15, 0.2) is 5.65 Å². The number of rotatable bonds is 4. The molecule has 0 atom stereocenters. The minimum absolute atomic E-state index is 0.212. The van der Waals surface area contributed by atoms with Crippen molar-refractivity contribution >= 4 is 21.4 Å². The van der Waals surface area contributed by atoms with Crippen molar-refractivity contribution in [1.29, 1.82) is 0 Å². The van der Waals surface area contributed by atoms with Crippen LogP contribution in [0.4, 0.5) is 5.69 Å². The fourth-order valence-corrected chi connectivity index (χ4v) is 3.51. The Morgan fingerprint density at radius 2 is 1.76 bits per heavy atom. The molecule has 124 valence electrons. The number of fused-ring (bicyclic) bond motifs is 1. The van der Waals surface area contributed by atoms with Crippen LogP contribution in [-0.2, 0) is 10.0 Å². The van der Waals surface area contributed by atoms with E-state index in [-0.39, 0.29) is 4.90 Å². The highest BCUT2D eigenvalue weighted by atomic mass is 32.2. The average Bonchev–Trinajstić information content (AvgIpc) is 3.10. The van der Waals surface area contributed by atoms with Crippen molar-refractivity contribution in [2.45, 2.75) is 4.90 Å². The van der Waals surface area contributed by atoms with Gasteiger partial charge in [-0.2, -0.15) is 9.61 Å². The van der Waals surface area contributed by atoms with Crippen molar-refractivity contribution < 1.29 is 8.42 Å². The second-order valence-corrected chi connectivity index (χ2v) is 7.03. The van der Waals surface area contributed by atoms with E-state index in [1.807, 2.05) is 12.1 Å². The number of nitrogens with zero attached hydrogens (tertiary/aromatic N) is 4. The second-order valence-electron chi connectivity index (χ2n) is 5.35. The molecule has 2 aromatic carbocycles. The van der Waals surface area contributed by atoms with Gasteiger partial charge in [0.05, 0.1) is 10.6 Å². The van der Waals surface area contributed by atoms with Crippen molar-refractivity contribution in [3.05, 3.63) is 73.1 Å². The van der Waals surface area contributed by atoms with Gasteiger partial charge in [-0.1, -0.05) is 30.3 Å². The van der Waals surface area contributed by atoms with Crippen molar-refractivity contribution in [1.82, 2.24) is 19.8 Å². The van der Waals surface area contributed by atoms with E-state index in [0.29, 0.717) is 17.0 Å². The number of nitrogens with one attached hydrogen (secondary N) is 1. The monoisotopic (exact) mass is 351 g/mol. The van der Waals surface area contributed by atoms with E-state index >= 15 is 0 Å². The molecule has 0 aliphatic heterocycles. The molecule has 7 nitrogen and oxygen atoms in total. The first-order valence-corrected chi connectivity index (χ1v) is 8.95. The topological polar surface area (TPSA) is 89.2 Å². The number of sulfonamides is 1. The molecule has 0 unspecified atom stereocenters. The molecule has 0 spiro atoms. The molecule has 8 heteroatoms. The van der Waals surface area contributed by atoms with E-state index in [2.05, 4.69) is 20.0 Å². The van der Waals surface area contributed by atoms with Crippen LogP contribution in [0.5, 0.6) is 0 Å². The van der Waals surface area contributed by atoms with E-state index in [1.54, 1.807) is 59.1 Å². The Labute approximate surface area is 144 Å². The van der Waals surface area contributed by atoms with Crippen LogP contribution < -0.4 is 4.72 Å². The molecule has 0 fully saturated rings. The highest BCUT2D eigenvalue weighted by molar-refractivity contribution is 7.92. The zero-order valence-electron chi connectivity index (χ0n) is 12.9. The summed E-state index contributed by atoms with van der Waals surface area (Å²) in [4.78, 5) is 0.212. The molecule has 25 heavy (non-hydrogen) atoms. The lowest BCUT2D eigenvalue weighted by Crippen LogP contribution is -2.12. The van der Waals surface area contributed by atoms with E-state index in [1.165, 1.54) is 6.33 Å². The second kappa shape index (κ2) is 5.99. The number of benzene rings is 2. The van der Waals surface area contributed by atoms with Crippen LogP contribution in [0.15, 0.2) is 78.0 Å². The van der Waals surface area contributed by atoms with Gasteiger partial charge >= 0.3 is 0 Å². The Morgan fingerprint density at radius 1 is 0.920 bits per heavy atom. The van der Waals surface area contributed by atoms with Gasteiger partial charge in [0.25, 0.3) is 10.0 Å². The van der Waals surface area contributed by atoms with Gasteiger partial charge in [-0.15, -0.1) is 10.2 Å². The molecule has 0 bridgehead atoms. The third-order valence-electron chi connectivity index (χ3n) is 3.63. The van der Waals surface area contributed by atoms with Crippen LogP contribution in [0.25, 0.3) is 16.9 Å². The summed E-state index contributed by atoms with van der Waals surface area (Å²) in [5, 5.41) is 12.1. The predicted octanol–water partition coefficient (Wildman–Crippen LogP) is 2.59. The van der Waals surface area contributed by atoms with Gasteiger partial charge in [-0.25, -0.2) is 8.42 Å². The number of hydrogen-bond donors (Lipinski definition) is 1. The molecule has 4 aromatic rings. The Kier molecular flexibility index (Phi) is 3.66. The molecule has 0 amide bonds. The molecule has 2 aromatic heterocycles. The molecule has 0 saturated carbocycles. The molecule has 2 heterocycles. The largest absolute Gasteiger partial charge is 0.280 e. The molecular weight excluding hydrogens is 338 g/mol. The number of anilines is 1. The van der Waals surface area contributed by atoms with E-state index in [0.717, 1.165) is 5.56 Å². The quantitative estimate of drug-likeness (QED) is 0.610. The molecule has 0 aliphatic carbocycles. The highest BCUT2D eigenvalue weighted by Crippen LogP contribution is 2.23. The minimum atomic E-state index is -3.63. The summed E-state index contributed by atoms with van der Waals surface area (Å²) in [5.74, 6) is 0. The van der Waals surface area contributed by atoms with Gasteiger partial charge < -0.3 is 0 Å². The smallest absolute Gasteiger partial charge is 0.261 e. The van der Waals surface area contributed by atoms with Crippen LogP contribution in [-0.4, -0.2) is 28.2 Å². The zero-order valence-corrected chi connectivity index (χ0v) is 13.8. The Hall–Kier alpha value is -3.26. The van der Waals surface area contributed by atoms with Gasteiger partial charge in [0.2, 0.25) is 0 Å². The highest BCUT2D eigenvalue weighted by Gasteiger charge is 2.14. The number of aromatic nitrogens is 4. The first-order chi connectivity index (χ1) is 12.1. The fraction of sp³-hybridized carbons (Fsp3) is 0. The molecule has 4 rings (SSSR count). The summed E-state index contributed by atoms with van der Waals surface area (Å²) in [6, 6.07) is 18.9. The summed E-state index contributed by atoms with van der Waals surface area (Å²) in [5.41, 5.74) is 2.58. The van der Waals surface area contributed by atoms with E-state index in [4.69, 9.17) is 0 Å². The molecule has 0 radical (unpaired) electrons. The van der Waals surface area contributed by atoms with Crippen LogP contribution in [0.1, 0.15) is 0 Å². The van der Waals surface area contributed by atoms with Crippen LogP contribution in [0.2, 0.25) is 0 Å². The summed E-state index contributed by atoms with van der Waals surface area (Å²) >= 11 is 0. The zero-order chi connectivity index (χ0) is 17.3. The Balaban J connectivity index is 1.67. The van der Waals surface area contributed by atoms with Crippen molar-refractivity contribution in [2.75, 3.05) is 4.72 Å². The average molecular weight is 351 g/mol. The SMILES string of the molecule is O=S(=O)(Nc1cccc(-c2ccc3nncn3n2)c1)c1ccccc1. The fourth-order valence-electron chi connectivity index (χ4n) is 2.44. The van der Waals surface area contributed by atoms with Crippen molar-refractivity contribution in [2.24, 2.45) is 0 Å².